The van der Waals surface area contributed by atoms with Gasteiger partial charge in [-0.1, -0.05) is 0 Å². The van der Waals surface area contributed by atoms with E-state index in [0.29, 0.717) is 16.3 Å². The number of aromatic carboxylic acids is 1. The van der Waals surface area contributed by atoms with Gasteiger partial charge in [-0.05, 0) is 74.7 Å². The van der Waals surface area contributed by atoms with Crippen molar-refractivity contribution >= 4 is 91.2 Å². The van der Waals surface area contributed by atoms with Crippen molar-refractivity contribution in [2.45, 2.75) is 19.6 Å². The molecule has 1 aromatic rings. The number of nitrogens with one attached hydrogen (secondary N) is 2. The molecule has 11 heteroatoms. The van der Waals surface area contributed by atoms with Crippen molar-refractivity contribution in [1.29, 1.82) is 0 Å². The third kappa shape index (κ3) is 5.12. The van der Waals surface area contributed by atoms with Crippen LogP contribution >= 0.6 is 67.8 Å². The van der Waals surface area contributed by atoms with E-state index >= 15 is 0 Å². The van der Waals surface area contributed by atoms with Crippen molar-refractivity contribution in [3.05, 3.63) is 21.8 Å². The van der Waals surface area contributed by atoms with Gasteiger partial charge in [-0.15, -0.1) is 0 Å². The molecule has 2 amide bonds. The lowest BCUT2D eigenvalue weighted by molar-refractivity contribution is -0.128. The molecule has 1 aromatic carbocycles. The fraction of sp³-hybridized carbons (Fsp3) is 0.308. The molecular formula is C13H13I3N2O6. The standard InChI is InChI=1S/C13H13I3N2O6/c1-4(20)12(22)17-2-5-8(14)7(13(23)24)10(16)11(9(5)15)18-6(21)3-19/h4,19-20H,2-3H2,1H3,(H,17,22)(H,18,21)(H,23,24). The zero-order valence-corrected chi connectivity index (χ0v) is 18.7. The molecule has 0 aliphatic carbocycles. The van der Waals surface area contributed by atoms with Crippen LogP contribution in [0.15, 0.2) is 0 Å². The van der Waals surface area contributed by atoms with Crippen LogP contribution < -0.4 is 10.6 Å². The summed E-state index contributed by atoms with van der Waals surface area (Å²) in [7, 11) is 0. The van der Waals surface area contributed by atoms with Gasteiger partial charge in [-0.25, -0.2) is 4.79 Å². The number of aliphatic hydroxyl groups is 2. The Balaban J connectivity index is 3.43. The summed E-state index contributed by atoms with van der Waals surface area (Å²) < 4.78 is 1.28. The van der Waals surface area contributed by atoms with E-state index in [2.05, 4.69) is 10.6 Å². The van der Waals surface area contributed by atoms with Crippen molar-refractivity contribution in [3.8, 4) is 0 Å². The highest BCUT2D eigenvalue weighted by molar-refractivity contribution is 14.1. The number of hydrogen-bond donors (Lipinski definition) is 5. The minimum absolute atomic E-state index is 0.00819. The van der Waals surface area contributed by atoms with Crippen LogP contribution in [0.25, 0.3) is 0 Å². The highest BCUT2D eigenvalue weighted by Gasteiger charge is 2.25. The van der Waals surface area contributed by atoms with Crippen LogP contribution in [0.5, 0.6) is 0 Å². The first-order valence-corrected chi connectivity index (χ1v) is 9.64. The molecule has 0 heterocycles. The lowest BCUT2D eigenvalue weighted by Crippen LogP contribution is -2.33. The van der Waals surface area contributed by atoms with E-state index in [4.69, 9.17) is 5.11 Å². The molecule has 1 unspecified atom stereocenters. The number of amides is 2. The first-order chi connectivity index (χ1) is 11.1. The summed E-state index contributed by atoms with van der Waals surface area (Å²) in [6.07, 6.45) is -1.20. The number of aliphatic hydroxyl groups excluding tert-OH is 2. The molecule has 24 heavy (non-hydrogen) atoms. The molecule has 5 N–H and O–H groups in total. The fourth-order valence-electron chi connectivity index (χ4n) is 1.67. The number of carbonyl (C=O) groups is 3. The first kappa shape index (κ1) is 21.8. The van der Waals surface area contributed by atoms with Gasteiger partial charge in [0.05, 0.1) is 14.8 Å². The van der Waals surface area contributed by atoms with E-state index in [-0.39, 0.29) is 17.8 Å². The Morgan fingerprint density at radius 3 is 2.17 bits per heavy atom. The lowest BCUT2D eigenvalue weighted by Gasteiger charge is -2.18. The SMILES string of the molecule is CC(O)C(=O)NCc1c(I)c(NC(=O)CO)c(I)c(C(=O)O)c1I. The maximum absolute atomic E-state index is 11.6. The first-order valence-electron chi connectivity index (χ1n) is 6.40. The minimum atomic E-state index is -1.20. The van der Waals surface area contributed by atoms with Gasteiger partial charge >= 0.3 is 5.97 Å². The number of carbonyl (C=O) groups excluding carboxylic acids is 2. The van der Waals surface area contributed by atoms with E-state index < -0.39 is 30.5 Å². The Kier molecular flexibility index (Phi) is 8.57. The summed E-state index contributed by atoms with van der Waals surface area (Å²) >= 11 is 5.61. The molecule has 8 nitrogen and oxygen atoms in total. The van der Waals surface area contributed by atoms with E-state index in [0.717, 1.165) is 0 Å². The summed E-state index contributed by atoms with van der Waals surface area (Å²) in [6.45, 7) is 0.558. The molecule has 1 rings (SSSR count). The highest BCUT2D eigenvalue weighted by atomic mass is 127. The van der Waals surface area contributed by atoms with Gasteiger partial charge in [0, 0.05) is 19.2 Å². The Hall–Kier alpha value is -0.260. The molecule has 0 aliphatic heterocycles. The van der Waals surface area contributed by atoms with Crippen LogP contribution in [0.2, 0.25) is 0 Å². The summed E-state index contributed by atoms with van der Waals surface area (Å²) in [6, 6.07) is 0. The normalized spacial score (nSPS) is 11.8. The number of halogens is 3. The van der Waals surface area contributed by atoms with E-state index in [9.17, 15) is 24.6 Å². The second-order valence-electron chi connectivity index (χ2n) is 4.58. The van der Waals surface area contributed by atoms with Crippen molar-refractivity contribution in [3.63, 3.8) is 0 Å². The highest BCUT2D eigenvalue weighted by Crippen LogP contribution is 2.35. The van der Waals surface area contributed by atoms with Gasteiger partial charge in [0.2, 0.25) is 11.8 Å². The predicted octanol–water partition coefficient (Wildman–Crippen LogP) is 1.13. The Bertz CT molecular complexity index is 693. The minimum Gasteiger partial charge on any atom is -0.478 e. The molecule has 0 spiro atoms. The number of carboxylic acids is 1. The molecular weight excluding hydrogens is 661 g/mol. The summed E-state index contributed by atoms with van der Waals surface area (Å²) in [5.41, 5.74) is 0.747. The van der Waals surface area contributed by atoms with Gasteiger partial charge in [-0.3, -0.25) is 9.59 Å². The monoisotopic (exact) mass is 674 g/mol. The Morgan fingerprint density at radius 1 is 1.12 bits per heavy atom. The van der Waals surface area contributed by atoms with Crippen molar-refractivity contribution < 1.29 is 29.7 Å². The zero-order valence-electron chi connectivity index (χ0n) is 12.2. The molecule has 0 aromatic heterocycles. The second kappa shape index (κ2) is 9.44. The molecule has 1 atom stereocenters. The maximum Gasteiger partial charge on any atom is 0.337 e. The van der Waals surface area contributed by atoms with Gasteiger partial charge < -0.3 is 26.0 Å². The third-order valence-electron chi connectivity index (χ3n) is 2.85. The number of carboxylic acid groups (broad SMARTS) is 1. The van der Waals surface area contributed by atoms with Gasteiger partial charge in [0.15, 0.2) is 0 Å². The van der Waals surface area contributed by atoms with Crippen LogP contribution in [-0.4, -0.2) is 45.8 Å². The molecule has 0 saturated heterocycles. The third-order valence-corrected chi connectivity index (χ3v) is 6.31. The maximum atomic E-state index is 11.6. The number of hydrogen-bond acceptors (Lipinski definition) is 5. The quantitative estimate of drug-likeness (QED) is 0.288. The molecule has 0 fully saturated rings. The molecule has 132 valence electrons. The summed E-state index contributed by atoms with van der Waals surface area (Å²) in [5, 5.41) is 32.5. The largest absolute Gasteiger partial charge is 0.478 e. The van der Waals surface area contributed by atoms with Crippen molar-refractivity contribution in [2.75, 3.05) is 11.9 Å². The van der Waals surface area contributed by atoms with Crippen LogP contribution in [0, 0.1) is 10.7 Å². The summed E-state index contributed by atoms with van der Waals surface area (Å²) in [4.78, 5) is 34.6. The molecule has 0 saturated carbocycles. The topological polar surface area (TPSA) is 136 Å². The Labute approximate surface area is 178 Å². The smallest absolute Gasteiger partial charge is 0.337 e. The van der Waals surface area contributed by atoms with Crippen LogP contribution in [0.1, 0.15) is 22.8 Å². The van der Waals surface area contributed by atoms with Crippen LogP contribution in [-0.2, 0) is 16.1 Å². The van der Waals surface area contributed by atoms with Gasteiger partial charge in [0.1, 0.15) is 12.7 Å². The predicted molar refractivity (Wildman–Crippen MR) is 111 cm³/mol. The molecule has 0 aliphatic rings. The van der Waals surface area contributed by atoms with Crippen molar-refractivity contribution in [2.24, 2.45) is 0 Å². The summed E-state index contributed by atoms with van der Waals surface area (Å²) in [5.74, 6) is -2.46. The average molecular weight is 674 g/mol. The average Bonchev–Trinajstić information content (AvgIpc) is 2.50. The van der Waals surface area contributed by atoms with Gasteiger partial charge in [0.25, 0.3) is 0 Å². The number of rotatable bonds is 6. The van der Waals surface area contributed by atoms with E-state index in [1.54, 1.807) is 0 Å². The molecule has 0 radical (unpaired) electrons. The van der Waals surface area contributed by atoms with Crippen LogP contribution in [0.4, 0.5) is 5.69 Å². The van der Waals surface area contributed by atoms with E-state index in [1.807, 2.05) is 67.8 Å². The lowest BCUT2D eigenvalue weighted by atomic mass is 10.1. The number of anilines is 1. The zero-order chi connectivity index (χ0) is 18.6. The number of benzene rings is 1. The van der Waals surface area contributed by atoms with Gasteiger partial charge in [-0.2, -0.15) is 0 Å². The van der Waals surface area contributed by atoms with E-state index in [1.165, 1.54) is 6.92 Å². The second-order valence-corrected chi connectivity index (χ2v) is 7.81. The Morgan fingerprint density at radius 2 is 1.71 bits per heavy atom. The van der Waals surface area contributed by atoms with Crippen molar-refractivity contribution in [1.82, 2.24) is 5.32 Å². The van der Waals surface area contributed by atoms with Crippen LogP contribution in [0.3, 0.4) is 0 Å². The molecule has 0 bridgehead atoms. The fourth-order valence-corrected chi connectivity index (χ4v) is 5.95.